The van der Waals surface area contributed by atoms with E-state index in [9.17, 15) is 14.4 Å². The second-order valence-electron chi connectivity index (χ2n) is 10.4. The number of aromatic nitrogens is 1. The molecule has 2 atom stereocenters. The number of hydrogen-bond acceptors (Lipinski definition) is 7. The van der Waals surface area contributed by atoms with Crippen LogP contribution in [-0.4, -0.2) is 55.4 Å². The summed E-state index contributed by atoms with van der Waals surface area (Å²) in [6.07, 6.45) is 2.29. The number of anilines is 1. The maximum absolute atomic E-state index is 13.2. The van der Waals surface area contributed by atoms with Crippen molar-refractivity contribution in [1.29, 1.82) is 0 Å². The number of nitrogens with zero attached hydrogens (tertiary/aromatic N) is 2. The summed E-state index contributed by atoms with van der Waals surface area (Å²) in [6, 6.07) is 13.8. The van der Waals surface area contributed by atoms with Crippen molar-refractivity contribution in [2.45, 2.75) is 44.2 Å². The van der Waals surface area contributed by atoms with Crippen LogP contribution in [0.5, 0.6) is 0 Å². The van der Waals surface area contributed by atoms with E-state index in [1.54, 1.807) is 0 Å². The Hall–Kier alpha value is -4.91. The van der Waals surface area contributed by atoms with E-state index >= 15 is 0 Å². The Labute approximate surface area is 249 Å². The molecule has 0 aliphatic heterocycles. The van der Waals surface area contributed by atoms with Gasteiger partial charge in [-0.15, -0.1) is 0 Å². The van der Waals surface area contributed by atoms with Crippen LogP contribution in [0.1, 0.15) is 32.1 Å². The number of fused-ring (bicyclic) bond motifs is 4. The van der Waals surface area contributed by atoms with Crippen molar-refractivity contribution in [3.63, 3.8) is 0 Å². The van der Waals surface area contributed by atoms with Gasteiger partial charge in [0.15, 0.2) is 5.96 Å². The Balaban J connectivity index is 1.51. The molecule has 228 valence electrons. The van der Waals surface area contributed by atoms with Crippen LogP contribution < -0.4 is 43.5 Å². The van der Waals surface area contributed by atoms with Crippen molar-refractivity contribution in [2.75, 3.05) is 25.0 Å². The average Bonchev–Trinajstić information content (AvgIpc) is 3.37. The normalized spacial score (nSPS) is 12.6. The Morgan fingerprint density at radius 1 is 0.907 bits per heavy atom. The van der Waals surface area contributed by atoms with Gasteiger partial charge in [-0.25, -0.2) is 0 Å². The van der Waals surface area contributed by atoms with Gasteiger partial charge in [0.1, 0.15) is 24.7 Å². The average molecular weight is 591 g/mol. The van der Waals surface area contributed by atoms with Crippen LogP contribution >= 0.6 is 0 Å². The van der Waals surface area contributed by atoms with Crippen LogP contribution in [0.15, 0.2) is 57.9 Å². The SMILES string of the molecule is C[n+]1c2ccccc2c(NCC(=O)N[C@@H](CCCCN)C(=O)N[C@@H](CCCN=C(N)N)C(N)=O)c2oc3ccccc3c21. The number of nitrogens with two attached hydrogens (primary N) is 4. The zero-order valence-corrected chi connectivity index (χ0v) is 24.3. The molecule has 2 heterocycles. The van der Waals surface area contributed by atoms with Crippen molar-refractivity contribution in [1.82, 2.24) is 10.6 Å². The number of para-hydroxylation sites is 2. The van der Waals surface area contributed by atoms with Gasteiger partial charge in [-0.2, -0.15) is 4.57 Å². The van der Waals surface area contributed by atoms with Crippen molar-refractivity contribution in [2.24, 2.45) is 35.0 Å². The molecule has 0 bridgehead atoms. The number of carbonyl (C=O) groups is 3. The number of aryl methyl sites for hydroxylation is 1. The number of nitrogens with one attached hydrogen (secondary N) is 3. The quantitative estimate of drug-likeness (QED) is 0.0449. The number of aliphatic imine (C=N–C) groups is 1. The van der Waals surface area contributed by atoms with Gasteiger partial charge in [0, 0.05) is 12.6 Å². The van der Waals surface area contributed by atoms with Gasteiger partial charge in [-0.3, -0.25) is 19.4 Å². The molecule has 0 aliphatic rings. The Bertz CT molecular complexity index is 1650. The summed E-state index contributed by atoms with van der Waals surface area (Å²) in [5, 5.41) is 10.6. The maximum Gasteiger partial charge on any atom is 0.261 e. The minimum atomic E-state index is -0.938. The van der Waals surface area contributed by atoms with Crippen molar-refractivity contribution in [3.05, 3.63) is 48.5 Å². The minimum absolute atomic E-state index is 0.0607. The van der Waals surface area contributed by atoms with Gasteiger partial charge in [0.05, 0.1) is 23.0 Å². The Morgan fingerprint density at radius 2 is 1.60 bits per heavy atom. The molecular formula is C30H40N9O4+. The molecule has 0 aliphatic carbocycles. The molecule has 0 spiro atoms. The third kappa shape index (κ3) is 7.49. The molecule has 0 fully saturated rings. The Morgan fingerprint density at radius 3 is 2.33 bits per heavy atom. The van der Waals surface area contributed by atoms with Crippen LogP contribution in [0.25, 0.3) is 33.0 Å². The molecule has 13 nitrogen and oxygen atoms in total. The number of pyridine rings is 1. The monoisotopic (exact) mass is 590 g/mol. The van der Waals surface area contributed by atoms with E-state index in [1.807, 2.05) is 55.6 Å². The lowest BCUT2D eigenvalue weighted by atomic mass is 10.1. The van der Waals surface area contributed by atoms with Crippen LogP contribution in [0.4, 0.5) is 5.69 Å². The van der Waals surface area contributed by atoms with E-state index in [4.69, 9.17) is 27.4 Å². The fourth-order valence-electron chi connectivity index (χ4n) is 5.17. The standard InChI is InChI=1S/C30H39N9O4/c1-39-22-13-4-2-9-18(22)25(27-26(39)19-10-3-5-14-23(19)43-27)36-17-24(40)37-21(11-6-7-15-31)29(42)38-20(28(32)41)12-8-16-35-30(33)34/h2-5,9-10,13-14,20-21H,6-8,11-12,15-17,31H2,1H3,(H8,32,33,34,35,37,38,40,41,42)/p+1/t20-,21-/m0/s1. The number of primary amides is 1. The van der Waals surface area contributed by atoms with Crippen LogP contribution in [0.2, 0.25) is 0 Å². The molecule has 2 aromatic heterocycles. The first-order valence-electron chi connectivity index (χ1n) is 14.3. The molecule has 11 N–H and O–H groups in total. The molecule has 0 saturated heterocycles. The van der Waals surface area contributed by atoms with Gasteiger partial charge < -0.3 is 43.3 Å². The number of hydrogen-bond donors (Lipinski definition) is 7. The summed E-state index contributed by atoms with van der Waals surface area (Å²) in [5.41, 5.74) is 25.7. The van der Waals surface area contributed by atoms with Gasteiger partial charge in [-0.05, 0) is 56.8 Å². The fourth-order valence-corrected chi connectivity index (χ4v) is 5.17. The molecule has 2 aromatic carbocycles. The topological polar surface area (TPSA) is 221 Å². The van der Waals surface area contributed by atoms with Gasteiger partial charge in [0.25, 0.3) is 5.52 Å². The molecule has 0 unspecified atom stereocenters. The second kappa shape index (κ2) is 14.3. The molecule has 4 rings (SSSR count). The van der Waals surface area contributed by atoms with Crippen molar-refractivity contribution in [3.8, 4) is 0 Å². The fraction of sp³-hybridized carbons (Fsp3) is 0.367. The smallest absolute Gasteiger partial charge is 0.261 e. The lowest BCUT2D eigenvalue weighted by Crippen LogP contribution is -2.53. The van der Waals surface area contributed by atoms with E-state index in [0.29, 0.717) is 43.5 Å². The van der Waals surface area contributed by atoms with E-state index in [-0.39, 0.29) is 25.5 Å². The minimum Gasteiger partial charge on any atom is -0.447 e. The first-order valence-corrected chi connectivity index (χ1v) is 14.3. The van der Waals surface area contributed by atoms with Crippen LogP contribution in [0.3, 0.4) is 0 Å². The third-order valence-electron chi connectivity index (χ3n) is 7.30. The predicted molar refractivity (Wildman–Crippen MR) is 167 cm³/mol. The highest BCUT2D eigenvalue weighted by molar-refractivity contribution is 6.11. The number of rotatable bonds is 15. The van der Waals surface area contributed by atoms with Crippen molar-refractivity contribution < 1.29 is 23.4 Å². The summed E-state index contributed by atoms with van der Waals surface area (Å²) in [7, 11) is 1.98. The van der Waals surface area contributed by atoms with E-state index in [1.165, 1.54) is 0 Å². The van der Waals surface area contributed by atoms with Gasteiger partial charge >= 0.3 is 0 Å². The van der Waals surface area contributed by atoms with Crippen LogP contribution in [-0.2, 0) is 21.4 Å². The second-order valence-corrected chi connectivity index (χ2v) is 10.4. The largest absolute Gasteiger partial charge is 0.447 e. The summed E-state index contributed by atoms with van der Waals surface area (Å²) in [4.78, 5) is 42.4. The molecular weight excluding hydrogens is 550 g/mol. The number of benzene rings is 2. The Kier molecular flexibility index (Phi) is 10.3. The summed E-state index contributed by atoms with van der Waals surface area (Å²) in [5.74, 6) is -1.66. The highest BCUT2D eigenvalue weighted by Crippen LogP contribution is 2.35. The predicted octanol–water partition coefficient (Wildman–Crippen LogP) is 0.613. The van der Waals surface area contributed by atoms with E-state index < -0.39 is 29.8 Å². The first kappa shape index (κ1) is 31.0. The number of unbranched alkanes of at least 4 members (excludes halogenated alkanes) is 1. The highest BCUT2D eigenvalue weighted by atomic mass is 16.3. The molecule has 3 amide bonds. The molecule has 0 radical (unpaired) electrons. The molecule has 43 heavy (non-hydrogen) atoms. The molecule has 13 heteroatoms. The van der Waals surface area contributed by atoms with E-state index in [2.05, 4.69) is 25.5 Å². The zero-order valence-electron chi connectivity index (χ0n) is 24.3. The lowest BCUT2D eigenvalue weighted by Gasteiger charge is -2.22. The van der Waals surface area contributed by atoms with Gasteiger partial charge in [0.2, 0.25) is 28.8 Å². The summed E-state index contributed by atoms with van der Waals surface area (Å²) < 4.78 is 8.33. The highest BCUT2D eigenvalue weighted by Gasteiger charge is 2.27. The summed E-state index contributed by atoms with van der Waals surface area (Å²) >= 11 is 0. The zero-order chi connectivity index (χ0) is 30.9. The molecule has 4 aromatic rings. The summed E-state index contributed by atoms with van der Waals surface area (Å²) in [6.45, 7) is 0.613. The van der Waals surface area contributed by atoms with E-state index in [0.717, 1.165) is 27.4 Å². The molecule has 0 saturated carbocycles. The number of guanidine groups is 1. The first-order chi connectivity index (χ1) is 20.7. The van der Waals surface area contributed by atoms with Crippen molar-refractivity contribution >= 4 is 62.3 Å². The number of carbonyl (C=O) groups excluding carboxylic acids is 3. The number of amides is 3. The lowest BCUT2D eigenvalue weighted by molar-refractivity contribution is -0.616. The van der Waals surface area contributed by atoms with Crippen LogP contribution in [0, 0.1) is 0 Å². The third-order valence-corrected chi connectivity index (χ3v) is 7.30. The number of furan rings is 1. The maximum atomic E-state index is 13.2. The van der Waals surface area contributed by atoms with Gasteiger partial charge in [-0.1, -0.05) is 24.3 Å².